The van der Waals surface area contributed by atoms with Crippen molar-refractivity contribution in [3.05, 3.63) is 72.3 Å². The van der Waals surface area contributed by atoms with Gasteiger partial charge >= 0.3 is 6.18 Å². The minimum Gasteiger partial charge on any atom is -0.315 e. The van der Waals surface area contributed by atoms with E-state index in [1.807, 2.05) is 42.5 Å². The van der Waals surface area contributed by atoms with Crippen LogP contribution in [0.5, 0.6) is 0 Å². The molecule has 0 spiro atoms. The zero-order chi connectivity index (χ0) is 23.8. The van der Waals surface area contributed by atoms with E-state index in [1.54, 1.807) is 11.9 Å². The van der Waals surface area contributed by atoms with E-state index in [4.69, 9.17) is 0 Å². The number of carbonyl (C=O) groups is 1. The molecule has 0 aromatic heterocycles. The number of hydrogen-bond donors (Lipinski definition) is 0. The molecule has 4 rings (SSSR count). The van der Waals surface area contributed by atoms with Gasteiger partial charge in [0.05, 0.1) is 10.5 Å². The first-order chi connectivity index (χ1) is 15.6. The van der Waals surface area contributed by atoms with Gasteiger partial charge in [-0.05, 0) is 47.9 Å². The molecule has 1 aliphatic heterocycles. The molecule has 0 bridgehead atoms. The molecule has 9 heteroatoms. The average molecular weight is 477 g/mol. The summed E-state index contributed by atoms with van der Waals surface area (Å²) in [6, 6.07) is 17.7. The third-order valence-electron chi connectivity index (χ3n) is 6.06. The van der Waals surface area contributed by atoms with Gasteiger partial charge in [0.1, 0.15) is 0 Å². The number of carbonyl (C=O) groups excluding carboxylic acids is 1. The van der Waals surface area contributed by atoms with Crippen LogP contribution in [-0.2, 0) is 21.0 Å². The minimum atomic E-state index is -4.78. The van der Waals surface area contributed by atoms with Crippen LogP contribution < -0.4 is 4.90 Å². The molecule has 5 nitrogen and oxygen atoms in total. The van der Waals surface area contributed by atoms with E-state index in [-0.39, 0.29) is 31.8 Å². The second kappa shape index (κ2) is 8.79. The quantitative estimate of drug-likeness (QED) is 0.537. The number of piperidine rings is 1. The van der Waals surface area contributed by atoms with E-state index < -0.39 is 32.6 Å². The topological polar surface area (TPSA) is 57.7 Å². The highest BCUT2D eigenvalue weighted by atomic mass is 32.2. The lowest BCUT2D eigenvalue weighted by molar-refractivity contribution is -0.139. The number of alkyl halides is 3. The van der Waals surface area contributed by atoms with Crippen LogP contribution >= 0.6 is 0 Å². The van der Waals surface area contributed by atoms with Gasteiger partial charge in [0.2, 0.25) is 15.9 Å². The molecule has 174 valence electrons. The lowest BCUT2D eigenvalue weighted by Crippen LogP contribution is -2.43. The van der Waals surface area contributed by atoms with Crippen molar-refractivity contribution in [2.75, 3.05) is 25.0 Å². The Morgan fingerprint density at radius 3 is 2.21 bits per heavy atom. The predicted octanol–water partition coefficient (Wildman–Crippen LogP) is 4.92. The van der Waals surface area contributed by atoms with Gasteiger partial charge in [0, 0.05) is 31.7 Å². The van der Waals surface area contributed by atoms with Gasteiger partial charge in [0.15, 0.2) is 0 Å². The summed E-state index contributed by atoms with van der Waals surface area (Å²) in [4.78, 5) is 13.9. The smallest absolute Gasteiger partial charge is 0.315 e. The van der Waals surface area contributed by atoms with Gasteiger partial charge < -0.3 is 4.90 Å². The Kier molecular flexibility index (Phi) is 6.20. The molecule has 3 aromatic carbocycles. The van der Waals surface area contributed by atoms with Crippen molar-refractivity contribution in [2.24, 2.45) is 5.92 Å². The van der Waals surface area contributed by atoms with Crippen molar-refractivity contribution in [1.82, 2.24) is 4.31 Å². The van der Waals surface area contributed by atoms with Crippen LogP contribution in [0.15, 0.2) is 71.6 Å². The monoisotopic (exact) mass is 476 g/mol. The standard InChI is InChI=1S/C24H23F3N2O3S/c1-28(20-11-10-17-6-2-3-7-19(17)16-20)23(30)18-12-14-29(15-13-18)33(31,32)22-9-5-4-8-21(22)24(25,26)27/h2-11,16,18H,12-15H2,1H3. The summed E-state index contributed by atoms with van der Waals surface area (Å²) in [5.74, 6) is -0.552. The Morgan fingerprint density at radius 2 is 1.55 bits per heavy atom. The number of sulfonamides is 1. The van der Waals surface area contributed by atoms with Gasteiger partial charge in [-0.3, -0.25) is 4.79 Å². The Bertz CT molecular complexity index is 1280. The van der Waals surface area contributed by atoms with Gasteiger partial charge in [-0.15, -0.1) is 0 Å². The Balaban J connectivity index is 1.47. The number of nitrogens with zero attached hydrogens (tertiary/aromatic N) is 2. The highest BCUT2D eigenvalue weighted by Gasteiger charge is 2.40. The molecular formula is C24H23F3N2O3S. The molecule has 1 heterocycles. The lowest BCUT2D eigenvalue weighted by Gasteiger charge is -2.33. The number of rotatable bonds is 4. The molecule has 0 aliphatic carbocycles. The third kappa shape index (κ3) is 4.60. The fourth-order valence-electron chi connectivity index (χ4n) is 4.19. The first-order valence-corrected chi connectivity index (χ1v) is 12.0. The fraction of sp³-hybridized carbons (Fsp3) is 0.292. The zero-order valence-corrected chi connectivity index (χ0v) is 18.7. The van der Waals surface area contributed by atoms with Crippen molar-refractivity contribution >= 4 is 32.4 Å². The molecule has 0 atom stereocenters. The van der Waals surface area contributed by atoms with Gasteiger partial charge in [-0.25, -0.2) is 8.42 Å². The average Bonchev–Trinajstić information content (AvgIpc) is 2.82. The lowest BCUT2D eigenvalue weighted by atomic mass is 9.96. The molecule has 1 saturated heterocycles. The van der Waals surface area contributed by atoms with Gasteiger partial charge in [-0.2, -0.15) is 17.5 Å². The molecule has 0 saturated carbocycles. The molecule has 1 aliphatic rings. The number of halogens is 3. The second-order valence-electron chi connectivity index (χ2n) is 8.10. The van der Waals surface area contributed by atoms with E-state index in [2.05, 4.69) is 0 Å². The van der Waals surface area contributed by atoms with Crippen LogP contribution in [0.4, 0.5) is 18.9 Å². The summed E-state index contributed by atoms with van der Waals surface area (Å²) in [6.45, 7) is -0.0347. The molecule has 33 heavy (non-hydrogen) atoms. The molecule has 1 amide bonds. The van der Waals surface area contributed by atoms with Crippen molar-refractivity contribution in [1.29, 1.82) is 0 Å². The second-order valence-corrected chi connectivity index (χ2v) is 10.0. The number of benzene rings is 3. The van der Waals surface area contributed by atoms with E-state index in [9.17, 15) is 26.4 Å². The summed E-state index contributed by atoms with van der Waals surface area (Å²) in [5, 5.41) is 2.05. The number of anilines is 1. The molecular weight excluding hydrogens is 453 g/mol. The summed E-state index contributed by atoms with van der Waals surface area (Å²) in [7, 11) is -2.66. The normalized spacial score (nSPS) is 16.1. The largest absolute Gasteiger partial charge is 0.417 e. The van der Waals surface area contributed by atoms with Gasteiger partial charge in [-0.1, -0.05) is 42.5 Å². The van der Waals surface area contributed by atoms with E-state index in [0.29, 0.717) is 0 Å². The van der Waals surface area contributed by atoms with Gasteiger partial charge in [0.25, 0.3) is 0 Å². The van der Waals surface area contributed by atoms with Crippen molar-refractivity contribution in [2.45, 2.75) is 23.9 Å². The zero-order valence-electron chi connectivity index (χ0n) is 17.9. The summed E-state index contributed by atoms with van der Waals surface area (Å²) in [6.07, 6.45) is -4.30. The maximum Gasteiger partial charge on any atom is 0.417 e. The Morgan fingerprint density at radius 1 is 0.939 bits per heavy atom. The highest BCUT2D eigenvalue weighted by Crippen LogP contribution is 2.36. The predicted molar refractivity (Wildman–Crippen MR) is 120 cm³/mol. The van der Waals surface area contributed by atoms with Crippen LogP contribution in [0.2, 0.25) is 0 Å². The van der Waals surface area contributed by atoms with Crippen molar-refractivity contribution in [3.63, 3.8) is 0 Å². The van der Waals surface area contributed by atoms with Crippen LogP contribution in [0.1, 0.15) is 18.4 Å². The van der Waals surface area contributed by atoms with E-state index in [1.165, 1.54) is 6.07 Å². The van der Waals surface area contributed by atoms with Crippen LogP contribution in [-0.4, -0.2) is 38.8 Å². The Hall–Kier alpha value is -2.91. The number of hydrogen-bond acceptors (Lipinski definition) is 3. The van der Waals surface area contributed by atoms with Crippen molar-refractivity contribution < 1.29 is 26.4 Å². The van der Waals surface area contributed by atoms with E-state index in [0.717, 1.165) is 39.0 Å². The van der Waals surface area contributed by atoms with E-state index >= 15 is 0 Å². The maximum absolute atomic E-state index is 13.3. The summed E-state index contributed by atoms with van der Waals surface area (Å²) < 4.78 is 66.9. The molecule has 0 radical (unpaired) electrons. The Labute approximate surface area is 190 Å². The third-order valence-corrected chi connectivity index (χ3v) is 8.02. The molecule has 1 fully saturated rings. The van der Waals surface area contributed by atoms with Crippen molar-refractivity contribution in [3.8, 4) is 0 Å². The fourth-order valence-corrected chi connectivity index (χ4v) is 5.88. The first kappa shape index (κ1) is 23.3. The molecule has 0 unspecified atom stereocenters. The number of fused-ring (bicyclic) bond motifs is 1. The summed E-state index contributed by atoms with van der Waals surface area (Å²) in [5.41, 5.74) is -0.452. The SMILES string of the molecule is CN(C(=O)C1CCN(S(=O)(=O)c2ccccc2C(F)(F)F)CC1)c1ccc2ccccc2c1. The highest BCUT2D eigenvalue weighted by molar-refractivity contribution is 7.89. The minimum absolute atomic E-state index is 0.0174. The van der Waals surface area contributed by atoms with Crippen LogP contribution in [0.25, 0.3) is 10.8 Å². The maximum atomic E-state index is 13.3. The summed E-state index contributed by atoms with van der Waals surface area (Å²) >= 11 is 0. The molecule has 0 N–H and O–H groups in total. The molecule has 3 aromatic rings. The first-order valence-electron chi connectivity index (χ1n) is 10.5. The van der Waals surface area contributed by atoms with Crippen LogP contribution in [0.3, 0.4) is 0 Å². The number of amides is 1. The van der Waals surface area contributed by atoms with Crippen LogP contribution in [0, 0.1) is 5.92 Å².